The van der Waals surface area contributed by atoms with Crippen LogP contribution in [0.5, 0.6) is 0 Å². The highest BCUT2D eigenvalue weighted by atomic mass is 31.2. The first-order valence-electron chi connectivity index (χ1n) is 5.55. The van der Waals surface area contributed by atoms with Gasteiger partial charge in [0.05, 0.1) is 6.61 Å². The Labute approximate surface area is 100 Å². The van der Waals surface area contributed by atoms with E-state index in [4.69, 9.17) is 20.6 Å². The van der Waals surface area contributed by atoms with Gasteiger partial charge in [-0.25, -0.2) is 8.96 Å². The average molecular weight is 273 g/mol. The molecule has 0 spiro atoms. The minimum Gasteiger partial charge on any atom is -0.388 e. The molecule has 0 heterocycles. The van der Waals surface area contributed by atoms with Crippen LogP contribution in [0.15, 0.2) is 0 Å². The van der Waals surface area contributed by atoms with Gasteiger partial charge in [0.2, 0.25) is 0 Å². The van der Waals surface area contributed by atoms with Gasteiger partial charge < -0.3 is 20.6 Å². The van der Waals surface area contributed by atoms with Crippen molar-refractivity contribution in [1.82, 2.24) is 0 Å². The Morgan fingerprint density at radius 3 is 2.18 bits per heavy atom. The zero-order chi connectivity index (χ0) is 13.3. The largest absolute Gasteiger partial charge is 0.469 e. The summed E-state index contributed by atoms with van der Waals surface area (Å²) in [7, 11) is -4.56. The maximum atomic E-state index is 11.4. The van der Waals surface area contributed by atoms with E-state index < -0.39 is 27.2 Å². The SMILES string of the molecule is NC1CCCCC1.O=P(O)(O)OCC(O)CF. The summed E-state index contributed by atoms with van der Waals surface area (Å²) >= 11 is 0. The second-order valence-electron chi connectivity index (χ2n) is 3.99. The second kappa shape index (κ2) is 8.97. The molecular formula is C9H21FNO5P. The number of hydrogen-bond acceptors (Lipinski definition) is 4. The van der Waals surface area contributed by atoms with Crippen LogP contribution in [0.4, 0.5) is 4.39 Å². The Morgan fingerprint density at radius 1 is 1.35 bits per heavy atom. The van der Waals surface area contributed by atoms with E-state index in [1.165, 1.54) is 32.1 Å². The Morgan fingerprint density at radius 2 is 1.88 bits per heavy atom. The Bertz CT molecular complexity index is 231. The molecule has 1 rings (SSSR count). The fourth-order valence-corrected chi connectivity index (χ4v) is 1.73. The number of rotatable bonds is 4. The van der Waals surface area contributed by atoms with Crippen molar-refractivity contribution in [3.8, 4) is 0 Å². The molecule has 0 aromatic heterocycles. The molecule has 1 aliphatic rings. The first-order chi connectivity index (χ1) is 7.85. The zero-order valence-corrected chi connectivity index (χ0v) is 10.6. The second-order valence-corrected chi connectivity index (χ2v) is 5.23. The van der Waals surface area contributed by atoms with Gasteiger partial charge in [-0.2, -0.15) is 0 Å². The van der Waals surface area contributed by atoms with Crippen molar-refractivity contribution in [2.45, 2.75) is 44.2 Å². The molecule has 1 unspecified atom stereocenters. The van der Waals surface area contributed by atoms with Crippen LogP contribution in [0, 0.1) is 0 Å². The van der Waals surface area contributed by atoms with E-state index in [0.29, 0.717) is 6.04 Å². The topological polar surface area (TPSA) is 113 Å². The number of phosphoric acid groups is 1. The Hall–Kier alpha value is -0.0400. The van der Waals surface area contributed by atoms with Gasteiger partial charge in [0, 0.05) is 6.04 Å². The third-order valence-corrected chi connectivity index (χ3v) is 2.75. The molecule has 6 nitrogen and oxygen atoms in total. The number of phosphoric ester groups is 1. The van der Waals surface area contributed by atoms with Crippen LogP contribution in [0.1, 0.15) is 32.1 Å². The fraction of sp³-hybridized carbons (Fsp3) is 1.00. The van der Waals surface area contributed by atoms with E-state index in [9.17, 15) is 8.96 Å². The lowest BCUT2D eigenvalue weighted by molar-refractivity contribution is 0.0671. The van der Waals surface area contributed by atoms with Crippen LogP contribution in [-0.2, 0) is 9.09 Å². The molecule has 0 aromatic rings. The standard InChI is InChI=1S/C6H13N.C3H8FO5P/c7-6-4-2-1-3-5-6;4-1-3(5)2-9-10(6,7)8/h6H,1-5,7H2;3,5H,1-2H2,(H2,6,7,8). The maximum absolute atomic E-state index is 11.4. The zero-order valence-electron chi connectivity index (χ0n) is 9.67. The van der Waals surface area contributed by atoms with Crippen molar-refractivity contribution in [2.75, 3.05) is 13.3 Å². The van der Waals surface area contributed by atoms with E-state index in [1.807, 2.05) is 0 Å². The molecule has 8 heteroatoms. The summed E-state index contributed by atoms with van der Waals surface area (Å²) in [6.07, 6.45) is 5.20. The number of nitrogens with two attached hydrogens (primary N) is 1. The lowest BCUT2D eigenvalue weighted by Crippen LogP contribution is -2.22. The average Bonchev–Trinajstić information content (AvgIpc) is 2.27. The van der Waals surface area contributed by atoms with Gasteiger partial charge in [-0.1, -0.05) is 19.3 Å². The number of aliphatic hydroxyl groups excluding tert-OH is 1. The van der Waals surface area contributed by atoms with Crippen LogP contribution in [0.2, 0.25) is 0 Å². The van der Waals surface area contributed by atoms with Crippen molar-refractivity contribution in [3.63, 3.8) is 0 Å². The Kier molecular flexibility index (Phi) is 8.94. The van der Waals surface area contributed by atoms with Crippen LogP contribution in [0.25, 0.3) is 0 Å². The van der Waals surface area contributed by atoms with Crippen LogP contribution < -0.4 is 5.73 Å². The minimum absolute atomic E-state index is 0.536. The maximum Gasteiger partial charge on any atom is 0.469 e. The molecule has 0 aromatic carbocycles. The van der Waals surface area contributed by atoms with E-state index in [-0.39, 0.29) is 0 Å². The summed E-state index contributed by atoms with van der Waals surface area (Å²) < 4.78 is 25.0. The van der Waals surface area contributed by atoms with Gasteiger partial charge >= 0.3 is 7.82 Å². The van der Waals surface area contributed by atoms with Crippen molar-refractivity contribution >= 4 is 7.82 Å². The van der Waals surface area contributed by atoms with Crippen molar-refractivity contribution < 1.29 is 28.4 Å². The molecule has 17 heavy (non-hydrogen) atoms. The van der Waals surface area contributed by atoms with Gasteiger partial charge in [0.15, 0.2) is 0 Å². The molecular weight excluding hydrogens is 252 g/mol. The van der Waals surface area contributed by atoms with Crippen LogP contribution in [-0.4, -0.2) is 40.3 Å². The predicted molar refractivity (Wildman–Crippen MR) is 61.0 cm³/mol. The van der Waals surface area contributed by atoms with E-state index in [1.54, 1.807) is 0 Å². The summed E-state index contributed by atoms with van der Waals surface area (Å²) in [4.78, 5) is 16.0. The van der Waals surface area contributed by atoms with Gasteiger partial charge in [-0.15, -0.1) is 0 Å². The number of halogens is 1. The first kappa shape index (κ1) is 17.0. The van der Waals surface area contributed by atoms with Gasteiger partial charge in [-0.3, -0.25) is 4.52 Å². The van der Waals surface area contributed by atoms with E-state index >= 15 is 0 Å². The van der Waals surface area contributed by atoms with Crippen molar-refractivity contribution in [1.29, 1.82) is 0 Å². The third kappa shape index (κ3) is 12.2. The molecule has 0 bridgehead atoms. The molecule has 0 saturated heterocycles. The molecule has 0 aliphatic heterocycles. The highest BCUT2D eigenvalue weighted by molar-refractivity contribution is 7.46. The third-order valence-electron chi connectivity index (χ3n) is 2.26. The predicted octanol–water partition coefficient (Wildman–Crippen LogP) is 0.704. The Balaban J connectivity index is 0.000000318. The summed E-state index contributed by atoms with van der Waals surface area (Å²) in [5, 5.41) is 8.38. The van der Waals surface area contributed by atoms with Crippen molar-refractivity contribution in [2.24, 2.45) is 5.73 Å². The first-order valence-corrected chi connectivity index (χ1v) is 7.08. The smallest absolute Gasteiger partial charge is 0.388 e. The quantitative estimate of drug-likeness (QED) is 0.561. The lowest BCUT2D eigenvalue weighted by Gasteiger charge is -2.15. The number of aliphatic hydroxyl groups is 1. The van der Waals surface area contributed by atoms with E-state index in [2.05, 4.69) is 4.52 Å². The normalized spacial score (nSPS) is 19.4. The number of hydrogen-bond donors (Lipinski definition) is 4. The van der Waals surface area contributed by atoms with Gasteiger partial charge in [0.25, 0.3) is 0 Å². The van der Waals surface area contributed by atoms with E-state index in [0.717, 1.165) is 0 Å². The van der Waals surface area contributed by atoms with Crippen LogP contribution in [0.3, 0.4) is 0 Å². The monoisotopic (exact) mass is 273 g/mol. The van der Waals surface area contributed by atoms with Gasteiger partial charge in [0.1, 0.15) is 12.8 Å². The summed E-state index contributed by atoms with van der Waals surface area (Å²) in [6.45, 7) is -1.78. The molecule has 5 N–H and O–H groups in total. The molecule has 0 radical (unpaired) electrons. The summed E-state index contributed by atoms with van der Waals surface area (Å²) in [5.41, 5.74) is 5.63. The van der Waals surface area contributed by atoms with Crippen molar-refractivity contribution in [3.05, 3.63) is 0 Å². The molecule has 0 amide bonds. The summed E-state index contributed by atoms with van der Waals surface area (Å²) in [6, 6.07) is 0.536. The minimum atomic E-state index is -4.56. The lowest BCUT2D eigenvalue weighted by atomic mass is 9.97. The van der Waals surface area contributed by atoms with Gasteiger partial charge in [-0.05, 0) is 12.8 Å². The molecule has 1 fully saturated rings. The molecule has 1 atom stereocenters. The van der Waals surface area contributed by atoms with Crippen LogP contribution >= 0.6 is 7.82 Å². The molecule has 104 valence electrons. The molecule has 1 saturated carbocycles. The fourth-order valence-electron chi connectivity index (χ4n) is 1.36. The molecule has 1 aliphatic carbocycles. The number of alkyl halides is 1. The summed E-state index contributed by atoms with van der Waals surface area (Å²) in [5.74, 6) is 0. The highest BCUT2D eigenvalue weighted by Gasteiger charge is 2.16. The highest BCUT2D eigenvalue weighted by Crippen LogP contribution is 2.35.